The molecular weight excluding hydrogens is 393 g/mol. The Hall–Kier alpha value is -0.100. The summed E-state index contributed by atoms with van der Waals surface area (Å²) in [5, 5.41) is 25.5. The summed E-state index contributed by atoms with van der Waals surface area (Å²) < 4.78 is 39.5. The molecule has 0 bridgehead atoms. The van der Waals surface area contributed by atoms with Gasteiger partial charge in [0.1, 0.15) is 18.5 Å². The molecule has 28 heavy (non-hydrogen) atoms. The number of aliphatic hydroxyl groups excluding tert-OH is 2. The molecule has 9 unspecified atom stereocenters. The van der Waals surface area contributed by atoms with Crippen LogP contribution in [0.1, 0.15) is 46.0 Å². The molecule has 2 saturated heterocycles. The molecule has 2 heterocycles. The number of aliphatic hydroxyl groups is 2. The molecule has 0 spiro atoms. The van der Waals surface area contributed by atoms with Gasteiger partial charge < -0.3 is 15.9 Å². The third-order valence-electron chi connectivity index (χ3n) is 6.73. The van der Waals surface area contributed by atoms with Crippen LogP contribution < -0.4 is 16.5 Å². The lowest BCUT2D eigenvalue weighted by Crippen LogP contribution is -2.53. The molecule has 10 heteroatoms. The first-order valence-corrected chi connectivity index (χ1v) is 11.2. The van der Waals surface area contributed by atoms with Crippen LogP contribution in [0.5, 0.6) is 0 Å². The SMILES string of the molecule is CC1C(C)N(CC(O)NC2SC3CCCCCC3C2C(N)O)NC1C(F)(F)F. The monoisotopic (exact) mass is 426 g/mol. The van der Waals surface area contributed by atoms with Crippen LogP contribution in [-0.4, -0.2) is 63.1 Å². The fraction of sp³-hybridized carbons (Fsp3) is 1.00. The van der Waals surface area contributed by atoms with E-state index in [1.54, 1.807) is 25.6 Å². The Morgan fingerprint density at radius 1 is 1.21 bits per heavy atom. The van der Waals surface area contributed by atoms with E-state index >= 15 is 0 Å². The molecular formula is C18H33F3N4O2S. The van der Waals surface area contributed by atoms with Crippen LogP contribution in [0.25, 0.3) is 0 Å². The highest BCUT2D eigenvalue weighted by atomic mass is 32.2. The van der Waals surface area contributed by atoms with Crippen molar-refractivity contribution in [3.8, 4) is 0 Å². The van der Waals surface area contributed by atoms with E-state index in [9.17, 15) is 23.4 Å². The normalized spacial score (nSPS) is 42.2. The molecule has 6 N–H and O–H groups in total. The minimum atomic E-state index is -4.33. The van der Waals surface area contributed by atoms with Gasteiger partial charge in [-0.05, 0) is 31.6 Å². The van der Waals surface area contributed by atoms with Crippen molar-refractivity contribution < 1.29 is 23.4 Å². The number of hydrogen-bond acceptors (Lipinski definition) is 7. The average Bonchev–Trinajstić information content (AvgIpc) is 2.95. The largest absolute Gasteiger partial charge is 0.405 e. The molecule has 1 aliphatic carbocycles. The van der Waals surface area contributed by atoms with E-state index in [1.807, 2.05) is 0 Å². The Morgan fingerprint density at radius 2 is 1.89 bits per heavy atom. The zero-order chi connectivity index (χ0) is 20.6. The summed E-state index contributed by atoms with van der Waals surface area (Å²) in [5.41, 5.74) is 8.37. The lowest BCUT2D eigenvalue weighted by atomic mass is 9.85. The number of alkyl halides is 3. The molecule has 0 aromatic carbocycles. The van der Waals surface area contributed by atoms with Gasteiger partial charge in [0.15, 0.2) is 0 Å². The predicted octanol–water partition coefficient (Wildman–Crippen LogP) is 1.59. The molecule has 9 atom stereocenters. The number of fused-ring (bicyclic) bond motifs is 1. The highest BCUT2D eigenvalue weighted by Crippen LogP contribution is 2.48. The Kier molecular flexibility index (Phi) is 7.22. The van der Waals surface area contributed by atoms with Crippen molar-refractivity contribution in [3.63, 3.8) is 0 Å². The molecule has 1 saturated carbocycles. The smallest absolute Gasteiger partial charge is 0.378 e. The van der Waals surface area contributed by atoms with Crippen molar-refractivity contribution in [2.75, 3.05) is 6.54 Å². The second-order valence-electron chi connectivity index (χ2n) is 8.55. The zero-order valence-electron chi connectivity index (χ0n) is 16.4. The second-order valence-corrected chi connectivity index (χ2v) is 9.93. The highest BCUT2D eigenvalue weighted by Gasteiger charge is 2.51. The summed E-state index contributed by atoms with van der Waals surface area (Å²) in [6, 6.07) is -1.97. The third kappa shape index (κ3) is 4.79. The summed E-state index contributed by atoms with van der Waals surface area (Å²) in [5.74, 6) is -0.484. The quantitative estimate of drug-likeness (QED) is 0.426. The molecule has 0 aromatic rings. The van der Waals surface area contributed by atoms with Gasteiger partial charge in [0.05, 0.1) is 11.9 Å². The van der Waals surface area contributed by atoms with E-state index < -0.39 is 30.6 Å². The minimum Gasteiger partial charge on any atom is -0.378 e. The first-order chi connectivity index (χ1) is 13.1. The van der Waals surface area contributed by atoms with Crippen LogP contribution in [0.15, 0.2) is 0 Å². The van der Waals surface area contributed by atoms with Crippen LogP contribution in [-0.2, 0) is 0 Å². The van der Waals surface area contributed by atoms with Crippen molar-refractivity contribution >= 4 is 11.8 Å². The lowest BCUT2D eigenvalue weighted by molar-refractivity contribution is -0.164. The maximum absolute atomic E-state index is 13.2. The fourth-order valence-corrected chi connectivity index (χ4v) is 6.97. The summed E-state index contributed by atoms with van der Waals surface area (Å²) >= 11 is 1.71. The molecule has 0 amide bonds. The lowest BCUT2D eigenvalue weighted by Gasteiger charge is -2.31. The number of β-amino-alcohol motifs (C(OH)–C–C–N with tert-alkyl or cyclic N) is 1. The van der Waals surface area contributed by atoms with Crippen molar-refractivity contribution in [2.45, 2.75) is 87.3 Å². The molecule has 2 aliphatic heterocycles. The van der Waals surface area contributed by atoms with Gasteiger partial charge in [0, 0.05) is 17.2 Å². The fourth-order valence-electron chi connectivity index (χ4n) is 4.99. The summed E-state index contributed by atoms with van der Waals surface area (Å²) in [6.45, 7) is 3.32. The number of hydrazine groups is 1. The average molecular weight is 427 g/mol. The van der Waals surface area contributed by atoms with E-state index in [2.05, 4.69) is 10.7 Å². The van der Waals surface area contributed by atoms with Crippen molar-refractivity contribution in [3.05, 3.63) is 0 Å². The highest BCUT2D eigenvalue weighted by molar-refractivity contribution is 8.00. The van der Waals surface area contributed by atoms with E-state index in [0.29, 0.717) is 11.2 Å². The van der Waals surface area contributed by atoms with Gasteiger partial charge in [0.2, 0.25) is 0 Å². The number of nitrogens with zero attached hydrogens (tertiary/aromatic N) is 1. The number of rotatable bonds is 5. The van der Waals surface area contributed by atoms with E-state index in [0.717, 1.165) is 25.7 Å². The van der Waals surface area contributed by atoms with Crippen molar-refractivity contribution in [1.29, 1.82) is 0 Å². The number of thioether (sulfide) groups is 1. The number of halogens is 3. The van der Waals surface area contributed by atoms with Crippen LogP contribution in [0.3, 0.4) is 0 Å². The van der Waals surface area contributed by atoms with Gasteiger partial charge in [-0.15, -0.1) is 11.8 Å². The number of nitrogens with two attached hydrogens (primary N) is 1. The summed E-state index contributed by atoms with van der Waals surface area (Å²) in [7, 11) is 0. The van der Waals surface area contributed by atoms with Crippen LogP contribution in [0.2, 0.25) is 0 Å². The van der Waals surface area contributed by atoms with Crippen LogP contribution in [0.4, 0.5) is 13.2 Å². The number of hydrogen-bond donors (Lipinski definition) is 5. The standard InChI is InChI=1S/C18H33F3N4O2S/c1-9-10(2)25(24-15(9)18(19,20)21)8-13(26)23-17-14(16(22)27)11-6-4-3-5-7-12(11)28-17/h9-17,23-24,26-27H,3-8,22H2,1-2H3. The maximum atomic E-state index is 13.2. The van der Waals surface area contributed by atoms with Gasteiger partial charge in [0.25, 0.3) is 0 Å². The van der Waals surface area contributed by atoms with Crippen LogP contribution >= 0.6 is 11.8 Å². The van der Waals surface area contributed by atoms with Gasteiger partial charge >= 0.3 is 6.18 Å². The Bertz CT molecular complexity index is 528. The molecule has 3 aliphatic rings. The molecule has 0 radical (unpaired) electrons. The molecule has 0 aromatic heterocycles. The van der Waals surface area contributed by atoms with Crippen molar-refractivity contribution in [1.82, 2.24) is 15.8 Å². The molecule has 3 fully saturated rings. The summed E-state index contributed by atoms with van der Waals surface area (Å²) in [4.78, 5) is 0. The van der Waals surface area contributed by atoms with Crippen LogP contribution in [0, 0.1) is 17.8 Å². The molecule has 6 nitrogen and oxygen atoms in total. The Morgan fingerprint density at radius 3 is 2.50 bits per heavy atom. The second kappa shape index (κ2) is 8.95. The van der Waals surface area contributed by atoms with E-state index in [4.69, 9.17) is 5.73 Å². The van der Waals surface area contributed by atoms with Gasteiger partial charge in [-0.3, -0.25) is 5.32 Å². The van der Waals surface area contributed by atoms with Crippen molar-refractivity contribution in [2.24, 2.45) is 23.5 Å². The first kappa shape index (κ1) is 22.6. The Labute approximate surface area is 168 Å². The zero-order valence-corrected chi connectivity index (χ0v) is 17.2. The molecule has 164 valence electrons. The van der Waals surface area contributed by atoms with E-state index in [1.165, 1.54) is 11.4 Å². The minimum absolute atomic E-state index is 0.0257. The predicted molar refractivity (Wildman–Crippen MR) is 103 cm³/mol. The van der Waals surface area contributed by atoms with Gasteiger partial charge in [-0.1, -0.05) is 26.2 Å². The summed E-state index contributed by atoms with van der Waals surface area (Å²) in [6.07, 6.45) is -0.777. The maximum Gasteiger partial charge on any atom is 0.405 e. The first-order valence-electron chi connectivity index (χ1n) is 10.2. The Balaban J connectivity index is 1.60. The number of nitrogens with one attached hydrogen (secondary N) is 2. The van der Waals surface area contributed by atoms with Gasteiger partial charge in [-0.25, -0.2) is 10.4 Å². The molecule has 3 rings (SSSR count). The topological polar surface area (TPSA) is 93.8 Å². The van der Waals surface area contributed by atoms with Gasteiger partial charge in [-0.2, -0.15) is 13.2 Å². The van der Waals surface area contributed by atoms with E-state index in [-0.39, 0.29) is 23.9 Å². The third-order valence-corrected chi connectivity index (χ3v) is 8.40.